The molecule has 136 valence electrons. The molecule has 2 N–H and O–H groups in total. The van der Waals surface area contributed by atoms with Gasteiger partial charge in [-0.2, -0.15) is 0 Å². The Hall–Kier alpha value is -0.810. The van der Waals surface area contributed by atoms with Gasteiger partial charge in [0.15, 0.2) is 0 Å². The molecule has 1 heterocycles. The maximum atomic E-state index is 12.1. The molecule has 0 saturated carbocycles. The molecule has 5 heteroatoms. The van der Waals surface area contributed by atoms with Crippen LogP contribution in [0, 0.1) is 5.41 Å². The summed E-state index contributed by atoms with van der Waals surface area (Å²) in [7, 11) is 0. The first-order chi connectivity index (χ1) is 10.4. The van der Waals surface area contributed by atoms with Gasteiger partial charge in [0.1, 0.15) is 5.60 Å². The van der Waals surface area contributed by atoms with E-state index in [1.54, 1.807) is 0 Å². The summed E-state index contributed by atoms with van der Waals surface area (Å²) in [6.07, 6.45) is 1.86. The first kappa shape index (κ1) is 20.2. The molecule has 0 aromatic heterocycles. The van der Waals surface area contributed by atoms with Gasteiger partial charge in [-0.1, -0.05) is 6.92 Å². The van der Waals surface area contributed by atoms with Crippen LogP contribution in [-0.4, -0.2) is 54.9 Å². The Bertz CT molecular complexity index is 375. The zero-order chi connectivity index (χ0) is 17.7. The number of hydrogen-bond donors (Lipinski definition) is 2. The monoisotopic (exact) mass is 327 g/mol. The van der Waals surface area contributed by atoms with Crippen molar-refractivity contribution >= 4 is 6.09 Å². The topological polar surface area (TPSA) is 53.6 Å². The normalized spacial score (nSPS) is 18.8. The van der Waals surface area contributed by atoms with Crippen molar-refractivity contribution in [2.75, 3.05) is 32.7 Å². The molecular formula is C18H37N3O2. The summed E-state index contributed by atoms with van der Waals surface area (Å²) in [6.45, 7) is 19.1. The molecule has 1 rings (SSSR count). The molecule has 1 fully saturated rings. The number of hydrogen-bond acceptors (Lipinski definition) is 4. The van der Waals surface area contributed by atoms with E-state index in [9.17, 15) is 4.79 Å². The van der Waals surface area contributed by atoms with Gasteiger partial charge >= 0.3 is 6.09 Å². The van der Waals surface area contributed by atoms with Crippen LogP contribution < -0.4 is 10.6 Å². The largest absolute Gasteiger partial charge is 0.444 e. The molecule has 1 amide bonds. The summed E-state index contributed by atoms with van der Waals surface area (Å²) in [5.41, 5.74) is 0.0179. The molecule has 0 atom stereocenters. The molecule has 23 heavy (non-hydrogen) atoms. The molecule has 0 bridgehead atoms. The molecule has 0 spiro atoms. The molecular weight excluding hydrogens is 290 g/mol. The number of nitrogens with zero attached hydrogens (tertiary/aromatic N) is 1. The Kier molecular flexibility index (Phi) is 6.90. The van der Waals surface area contributed by atoms with Gasteiger partial charge in [0, 0.05) is 38.3 Å². The third-order valence-electron chi connectivity index (χ3n) is 4.13. The zero-order valence-corrected chi connectivity index (χ0v) is 16.2. The molecule has 1 aliphatic heterocycles. The van der Waals surface area contributed by atoms with Gasteiger partial charge in [0.05, 0.1) is 0 Å². The lowest BCUT2D eigenvalue weighted by molar-refractivity contribution is 0.0120. The predicted octanol–water partition coefficient (Wildman–Crippen LogP) is 3.00. The maximum absolute atomic E-state index is 12.1. The summed E-state index contributed by atoms with van der Waals surface area (Å²) < 4.78 is 5.45. The number of likely N-dealkylation sites (tertiary alicyclic amines) is 1. The maximum Gasteiger partial charge on any atom is 0.410 e. The number of nitrogens with one attached hydrogen (secondary N) is 2. The highest BCUT2D eigenvalue weighted by Crippen LogP contribution is 2.30. The minimum atomic E-state index is -0.417. The van der Waals surface area contributed by atoms with Gasteiger partial charge in [-0.15, -0.1) is 0 Å². The van der Waals surface area contributed by atoms with Crippen LogP contribution in [0.2, 0.25) is 0 Å². The summed E-state index contributed by atoms with van der Waals surface area (Å²) in [5, 5.41) is 7.04. The third kappa shape index (κ3) is 8.56. The number of carbonyl (C=O) groups excluding carboxylic acids is 1. The van der Waals surface area contributed by atoms with Crippen molar-refractivity contribution in [2.45, 2.75) is 72.4 Å². The summed E-state index contributed by atoms with van der Waals surface area (Å²) in [4.78, 5) is 13.9. The number of rotatable bonds is 5. The summed E-state index contributed by atoms with van der Waals surface area (Å²) in [5.74, 6) is 0. The van der Waals surface area contributed by atoms with Crippen LogP contribution in [0.15, 0.2) is 0 Å². The highest BCUT2D eigenvalue weighted by molar-refractivity contribution is 5.68. The summed E-state index contributed by atoms with van der Waals surface area (Å²) >= 11 is 0. The molecule has 0 aromatic rings. The molecule has 0 aliphatic carbocycles. The first-order valence-electron chi connectivity index (χ1n) is 8.84. The van der Waals surface area contributed by atoms with Crippen molar-refractivity contribution in [2.24, 2.45) is 5.41 Å². The highest BCUT2D eigenvalue weighted by Gasteiger charge is 2.33. The Morgan fingerprint density at radius 3 is 2.13 bits per heavy atom. The highest BCUT2D eigenvalue weighted by atomic mass is 16.6. The van der Waals surface area contributed by atoms with Gasteiger partial charge in [-0.3, -0.25) is 0 Å². The van der Waals surface area contributed by atoms with E-state index in [1.165, 1.54) is 0 Å². The molecule has 0 aromatic carbocycles. The first-order valence-corrected chi connectivity index (χ1v) is 8.84. The lowest BCUT2D eigenvalue weighted by Gasteiger charge is -2.40. The predicted molar refractivity (Wildman–Crippen MR) is 95.8 cm³/mol. The van der Waals surface area contributed by atoms with Crippen molar-refractivity contribution in [3.8, 4) is 0 Å². The minimum Gasteiger partial charge on any atom is -0.444 e. The van der Waals surface area contributed by atoms with Crippen LogP contribution in [0.3, 0.4) is 0 Å². The smallest absolute Gasteiger partial charge is 0.410 e. The standard InChI is InChI=1S/C18H37N3O2/c1-16(2,3)20-11-10-19-14-18(7)8-12-21(13-9-18)15(22)23-17(4,5)6/h19-20H,8-14H2,1-7H3. The average Bonchev–Trinajstić information content (AvgIpc) is 2.35. The van der Waals surface area contributed by atoms with Crippen molar-refractivity contribution in [1.29, 1.82) is 0 Å². The molecule has 0 unspecified atom stereocenters. The van der Waals surface area contributed by atoms with Gasteiger partial charge in [0.2, 0.25) is 0 Å². The van der Waals surface area contributed by atoms with Crippen LogP contribution in [0.1, 0.15) is 61.3 Å². The Balaban J connectivity index is 2.27. The van der Waals surface area contributed by atoms with Crippen molar-refractivity contribution in [3.63, 3.8) is 0 Å². The third-order valence-corrected chi connectivity index (χ3v) is 4.13. The van der Waals surface area contributed by atoms with Crippen molar-refractivity contribution in [3.05, 3.63) is 0 Å². The lowest BCUT2D eigenvalue weighted by Crippen LogP contribution is -2.48. The fraction of sp³-hybridized carbons (Fsp3) is 0.944. The Labute approximate surface area is 142 Å². The molecule has 0 radical (unpaired) electrons. The van der Waals surface area contributed by atoms with E-state index < -0.39 is 5.60 Å². The van der Waals surface area contributed by atoms with Crippen LogP contribution in [0.25, 0.3) is 0 Å². The second-order valence-electron chi connectivity index (χ2n) is 9.13. The van der Waals surface area contributed by atoms with Gasteiger partial charge in [0.25, 0.3) is 0 Å². The molecule has 1 aliphatic rings. The fourth-order valence-electron chi connectivity index (χ4n) is 2.65. The Morgan fingerprint density at radius 1 is 1.09 bits per heavy atom. The SMILES string of the molecule is CC1(CNCCNC(C)(C)C)CCN(C(=O)OC(C)(C)C)CC1. The molecule has 1 saturated heterocycles. The second kappa shape index (κ2) is 7.84. The number of carbonyl (C=O) groups is 1. The van der Waals surface area contributed by atoms with E-state index >= 15 is 0 Å². The van der Waals surface area contributed by atoms with E-state index in [1.807, 2.05) is 25.7 Å². The van der Waals surface area contributed by atoms with Crippen LogP contribution in [0.5, 0.6) is 0 Å². The zero-order valence-electron chi connectivity index (χ0n) is 16.2. The van der Waals surface area contributed by atoms with E-state index in [2.05, 4.69) is 38.3 Å². The number of ether oxygens (including phenoxy) is 1. The lowest BCUT2D eigenvalue weighted by atomic mass is 9.80. The summed E-state index contributed by atoms with van der Waals surface area (Å²) in [6, 6.07) is 0. The van der Waals surface area contributed by atoms with Crippen LogP contribution in [0.4, 0.5) is 4.79 Å². The van der Waals surface area contributed by atoms with Gasteiger partial charge < -0.3 is 20.3 Å². The van der Waals surface area contributed by atoms with E-state index in [-0.39, 0.29) is 17.0 Å². The quantitative estimate of drug-likeness (QED) is 0.762. The van der Waals surface area contributed by atoms with Crippen molar-refractivity contribution in [1.82, 2.24) is 15.5 Å². The van der Waals surface area contributed by atoms with Crippen LogP contribution in [-0.2, 0) is 4.74 Å². The molecule has 5 nitrogen and oxygen atoms in total. The minimum absolute atomic E-state index is 0.171. The van der Waals surface area contributed by atoms with E-state index in [0.29, 0.717) is 0 Å². The fourth-order valence-corrected chi connectivity index (χ4v) is 2.65. The Morgan fingerprint density at radius 2 is 1.65 bits per heavy atom. The average molecular weight is 328 g/mol. The van der Waals surface area contributed by atoms with Gasteiger partial charge in [-0.05, 0) is 59.8 Å². The number of amides is 1. The van der Waals surface area contributed by atoms with E-state index in [4.69, 9.17) is 4.74 Å². The second-order valence-corrected chi connectivity index (χ2v) is 9.13. The number of piperidine rings is 1. The van der Waals surface area contributed by atoms with Gasteiger partial charge in [-0.25, -0.2) is 4.79 Å². The van der Waals surface area contributed by atoms with E-state index in [0.717, 1.165) is 45.6 Å². The van der Waals surface area contributed by atoms with Crippen LogP contribution >= 0.6 is 0 Å². The van der Waals surface area contributed by atoms with Crippen molar-refractivity contribution < 1.29 is 9.53 Å².